The molecule has 4 nitrogen and oxygen atoms in total. The van der Waals surface area contributed by atoms with Crippen molar-refractivity contribution >= 4 is 11.9 Å². The predicted molar refractivity (Wildman–Crippen MR) is 60.9 cm³/mol. The second kappa shape index (κ2) is 5.32. The zero-order valence-corrected chi connectivity index (χ0v) is 10.2. The average molecular weight is 227 g/mol. The van der Waals surface area contributed by atoms with E-state index in [1.807, 2.05) is 20.8 Å². The normalized spacial score (nSPS) is 19.2. The van der Waals surface area contributed by atoms with E-state index in [2.05, 4.69) is 5.32 Å². The number of carboxylic acids is 1. The molecule has 0 aliphatic heterocycles. The first-order valence-electron chi connectivity index (χ1n) is 5.94. The van der Waals surface area contributed by atoms with Gasteiger partial charge in [0.2, 0.25) is 5.91 Å². The molecule has 1 aliphatic rings. The molecule has 4 heteroatoms. The standard InChI is InChI=1S/C12H21NO3/c1-7(2)10(6-11(14)15)13-12(16)8(3)9-4-5-9/h7-10H,4-6H2,1-3H3,(H,13,16)(H,14,15). The molecule has 0 aromatic rings. The quantitative estimate of drug-likeness (QED) is 0.725. The summed E-state index contributed by atoms with van der Waals surface area (Å²) in [5, 5.41) is 11.6. The summed E-state index contributed by atoms with van der Waals surface area (Å²) in [6.07, 6.45) is 2.25. The first kappa shape index (κ1) is 13.0. The fraction of sp³-hybridized carbons (Fsp3) is 0.833. The zero-order valence-electron chi connectivity index (χ0n) is 10.2. The van der Waals surface area contributed by atoms with Gasteiger partial charge in [-0.25, -0.2) is 0 Å². The van der Waals surface area contributed by atoms with E-state index in [1.54, 1.807) is 0 Å². The number of aliphatic carboxylic acids is 1. The molecule has 2 unspecified atom stereocenters. The molecular weight excluding hydrogens is 206 g/mol. The van der Waals surface area contributed by atoms with Gasteiger partial charge >= 0.3 is 5.97 Å². The van der Waals surface area contributed by atoms with Crippen LogP contribution in [0.5, 0.6) is 0 Å². The van der Waals surface area contributed by atoms with Crippen LogP contribution in [0.25, 0.3) is 0 Å². The number of amides is 1. The maximum atomic E-state index is 11.8. The molecule has 92 valence electrons. The Bertz CT molecular complexity index is 271. The van der Waals surface area contributed by atoms with Crippen molar-refractivity contribution in [2.45, 2.75) is 46.1 Å². The minimum absolute atomic E-state index is 0.000787. The van der Waals surface area contributed by atoms with E-state index in [0.29, 0.717) is 5.92 Å². The molecule has 0 aromatic heterocycles. The highest BCUT2D eigenvalue weighted by molar-refractivity contribution is 5.80. The van der Waals surface area contributed by atoms with Crippen molar-refractivity contribution in [3.63, 3.8) is 0 Å². The van der Waals surface area contributed by atoms with E-state index in [-0.39, 0.29) is 30.2 Å². The summed E-state index contributed by atoms with van der Waals surface area (Å²) < 4.78 is 0. The first-order valence-corrected chi connectivity index (χ1v) is 5.94. The topological polar surface area (TPSA) is 66.4 Å². The van der Waals surface area contributed by atoms with Crippen LogP contribution in [-0.4, -0.2) is 23.0 Å². The Morgan fingerprint density at radius 2 is 1.88 bits per heavy atom. The van der Waals surface area contributed by atoms with E-state index in [9.17, 15) is 9.59 Å². The van der Waals surface area contributed by atoms with Crippen LogP contribution in [-0.2, 0) is 9.59 Å². The van der Waals surface area contributed by atoms with Gasteiger partial charge in [-0.2, -0.15) is 0 Å². The predicted octanol–water partition coefficient (Wildman–Crippen LogP) is 1.65. The lowest BCUT2D eigenvalue weighted by molar-refractivity contribution is -0.138. The van der Waals surface area contributed by atoms with Gasteiger partial charge in [-0.3, -0.25) is 9.59 Å². The monoisotopic (exact) mass is 227 g/mol. The largest absolute Gasteiger partial charge is 0.481 e. The summed E-state index contributed by atoms with van der Waals surface area (Å²) in [6.45, 7) is 5.77. The first-order chi connectivity index (χ1) is 7.41. The van der Waals surface area contributed by atoms with Gasteiger partial charge in [-0.15, -0.1) is 0 Å². The molecule has 0 radical (unpaired) electrons. The summed E-state index contributed by atoms with van der Waals surface area (Å²) in [7, 11) is 0. The summed E-state index contributed by atoms with van der Waals surface area (Å²) in [5.41, 5.74) is 0. The van der Waals surface area contributed by atoms with Crippen molar-refractivity contribution in [3.8, 4) is 0 Å². The number of rotatable bonds is 6. The Balaban J connectivity index is 2.46. The van der Waals surface area contributed by atoms with Gasteiger partial charge in [0.25, 0.3) is 0 Å². The molecule has 1 amide bonds. The minimum Gasteiger partial charge on any atom is -0.481 e. The molecule has 1 fully saturated rings. The Morgan fingerprint density at radius 1 is 1.31 bits per heavy atom. The Labute approximate surface area is 96.4 Å². The smallest absolute Gasteiger partial charge is 0.305 e. The van der Waals surface area contributed by atoms with Crippen molar-refractivity contribution in [3.05, 3.63) is 0 Å². The van der Waals surface area contributed by atoms with Crippen LogP contribution < -0.4 is 5.32 Å². The van der Waals surface area contributed by atoms with E-state index in [4.69, 9.17) is 5.11 Å². The van der Waals surface area contributed by atoms with Crippen LogP contribution in [0.1, 0.15) is 40.0 Å². The van der Waals surface area contributed by atoms with Gasteiger partial charge in [-0.1, -0.05) is 20.8 Å². The minimum atomic E-state index is -0.863. The van der Waals surface area contributed by atoms with Crippen molar-refractivity contribution in [2.24, 2.45) is 17.8 Å². The molecule has 1 aliphatic carbocycles. The fourth-order valence-electron chi connectivity index (χ4n) is 1.77. The number of nitrogens with one attached hydrogen (secondary N) is 1. The highest BCUT2D eigenvalue weighted by Gasteiger charge is 2.33. The highest BCUT2D eigenvalue weighted by atomic mass is 16.4. The van der Waals surface area contributed by atoms with Crippen LogP contribution in [0.3, 0.4) is 0 Å². The summed E-state index contributed by atoms with van der Waals surface area (Å²) >= 11 is 0. The molecule has 2 N–H and O–H groups in total. The third-order valence-electron chi connectivity index (χ3n) is 3.27. The van der Waals surface area contributed by atoms with E-state index in [1.165, 1.54) is 0 Å². The van der Waals surface area contributed by atoms with Crippen molar-refractivity contribution in [1.29, 1.82) is 0 Å². The maximum Gasteiger partial charge on any atom is 0.305 e. The van der Waals surface area contributed by atoms with Crippen molar-refractivity contribution in [2.75, 3.05) is 0 Å². The number of hydrogen-bond acceptors (Lipinski definition) is 2. The SMILES string of the molecule is CC(C)C(CC(=O)O)NC(=O)C(C)C1CC1. The van der Waals surface area contributed by atoms with E-state index < -0.39 is 5.97 Å². The summed E-state index contributed by atoms with van der Waals surface area (Å²) in [4.78, 5) is 22.5. The summed E-state index contributed by atoms with van der Waals surface area (Å²) in [6, 6.07) is -0.258. The lowest BCUT2D eigenvalue weighted by Gasteiger charge is -2.22. The van der Waals surface area contributed by atoms with Crippen LogP contribution in [0.2, 0.25) is 0 Å². The third-order valence-corrected chi connectivity index (χ3v) is 3.27. The molecule has 1 rings (SSSR count). The second-order valence-electron chi connectivity index (χ2n) is 5.08. The molecule has 0 bridgehead atoms. The van der Waals surface area contributed by atoms with Crippen molar-refractivity contribution in [1.82, 2.24) is 5.32 Å². The molecule has 1 saturated carbocycles. The van der Waals surface area contributed by atoms with Gasteiger partial charge in [0.1, 0.15) is 0 Å². The summed E-state index contributed by atoms with van der Waals surface area (Å²) in [5.74, 6) is -0.181. The van der Waals surface area contributed by atoms with Gasteiger partial charge < -0.3 is 10.4 Å². The molecule has 0 aromatic carbocycles. The van der Waals surface area contributed by atoms with Gasteiger partial charge in [0.05, 0.1) is 6.42 Å². The third kappa shape index (κ3) is 3.83. The number of carbonyl (C=O) groups is 2. The van der Waals surface area contributed by atoms with Crippen LogP contribution >= 0.6 is 0 Å². The van der Waals surface area contributed by atoms with Crippen LogP contribution in [0.4, 0.5) is 0 Å². The lowest BCUT2D eigenvalue weighted by Crippen LogP contribution is -2.42. The molecule has 0 heterocycles. The van der Waals surface area contributed by atoms with Crippen LogP contribution in [0.15, 0.2) is 0 Å². The van der Waals surface area contributed by atoms with E-state index in [0.717, 1.165) is 12.8 Å². The van der Waals surface area contributed by atoms with Crippen LogP contribution in [0, 0.1) is 17.8 Å². The van der Waals surface area contributed by atoms with Crippen molar-refractivity contribution < 1.29 is 14.7 Å². The molecule has 16 heavy (non-hydrogen) atoms. The number of hydrogen-bond donors (Lipinski definition) is 2. The Hall–Kier alpha value is -1.06. The zero-order chi connectivity index (χ0) is 12.3. The second-order valence-corrected chi connectivity index (χ2v) is 5.08. The Morgan fingerprint density at radius 3 is 2.25 bits per heavy atom. The highest BCUT2D eigenvalue weighted by Crippen LogP contribution is 2.36. The average Bonchev–Trinajstić information content (AvgIpc) is 2.97. The Kier molecular flexibility index (Phi) is 4.33. The van der Waals surface area contributed by atoms with Gasteiger partial charge in [-0.05, 0) is 24.7 Å². The fourth-order valence-corrected chi connectivity index (χ4v) is 1.77. The molecular formula is C12H21NO3. The number of carboxylic acid groups (broad SMARTS) is 1. The van der Waals surface area contributed by atoms with Gasteiger partial charge in [0.15, 0.2) is 0 Å². The molecule has 2 atom stereocenters. The van der Waals surface area contributed by atoms with Gasteiger partial charge in [0, 0.05) is 12.0 Å². The maximum absolute atomic E-state index is 11.8. The van der Waals surface area contributed by atoms with E-state index >= 15 is 0 Å². The molecule has 0 spiro atoms. The number of carbonyl (C=O) groups excluding carboxylic acids is 1. The lowest BCUT2D eigenvalue weighted by atomic mass is 9.98. The molecule has 0 saturated heterocycles.